The van der Waals surface area contributed by atoms with E-state index in [9.17, 15) is 45.9 Å². The van der Waals surface area contributed by atoms with Crippen LogP contribution in [0.5, 0.6) is 0 Å². The van der Waals surface area contributed by atoms with E-state index in [-0.39, 0.29) is 34.4 Å². The number of nitrogens with two attached hydrogens (primary N) is 4. The zero-order valence-corrected chi connectivity index (χ0v) is 33.5. The average Bonchev–Trinajstić information content (AvgIpc) is 3.13. The Morgan fingerprint density at radius 2 is 0.983 bits per heavy atom. The SMILES string of the molecule is CC(=O)c1c(N)c(F)c(F)c(F)c1F.CC(=O)c1c(N)cccc1Cl.CC(=O)c1c(N)cccc1F.CC(=O)c1ccc(Cl)cc1N.CNc1ccccc1C(C)=O. The van der Waals surface area contributed by atoms with E-state index in [0.717, 1.165) is 18.2 Å². The Kier molecular flexibility index (Phi) is 19.7. The van der Waals surface area contributed by atoms with Crippen LogP contribution in [0.4, 0.5) is 50.4 Å². The third kappa shape index (κ3) is 14.0. The van der Waals surface area contributed by atoms with Crippen LogP contribution in [0, 0.1) is 29.1 Å². The minimum absolute atomic E-state index is 0.0208. The molecule has 308 valence electrons. The Hall–Kier alpha value is -6.32. The van der Waals surface area contributed by atoms with Crippen LogP contribution in [0.15, 0.2) is 78.9 Å². The summed E-state index contributed by atoms with van der Waals surface area (Å²) < 4.78 is 63.5. The first kappa shape index (κ1) is 49.7. The molecule has 5 aromatic carbocycles. The number of para-hydroxylation sites is 1. The number of benzene rings is 5. The molecule has 17 heteroatoms. The van der Waals surface area contributed by atoms with Gasteiger partial charge in [-0.05, 0) is 89.2 Å². The van der Waals surface area contributed by atoms with Crippen LogP contribution in [0.25, 0.3) is 0 Å². The van der Waals surface area contributed by atoms with Gasteiger partial charge in [-0.1, -0.05) is 47.5 Å². The Bertz CT molecular complexity index is 2200. The van der Waals surface area contributed by atoms with Crippen molar-refractivity contribution in [1.29, 1.82) is 0 Å². The van der Waals surface area contributed by atoms with Crippen molar-refractivity contribution in [2.75, 3.05) is 35.3 Å². The van der Waals surface area contributed by atoms with E-state index in [4.69, 9.17) is 46.1 Å². The zero-order chi connectivity index (χ0) is 44.6. The van der Waals surface area contributed by atoms with Crippen LogP contribution in [-0.4, -0.2) is 36.0 Å². The molecule has 0 heterocycles. The van der Waals surface area contributed by atoms with Crippen molar-refractivity contribution in [2.24, 2.45) is 0 Å². The molecule has 0 aliphatic carbocycles. The second kappa shape index (κ2) is 23.0. The number of carbonyl (C=O) groups excluding carboxylic acids is 5. The standard InChI is InChI=1S/C9H11NO.2C8H8ClNO.C8H5F4NO.C8H8FNO/c1-7(11)8-5-3-4-6-9(8)10-2;1-5(11)7-3-2-6(9)4-8(7)10;1-5(11)8-6(9)3-2-4-7(8)10;1-2(14)3-4(9)5(10)6(11)7(12)8(3)13;1-5(11)8-6(9)3-2-4-7(8)10/h3-6,10H,1-2H3;2*2-4H,10H2,1H3;13H2,1H3;2-4H,10H2,1H3. The first-order chi connectivity index (χ1) is 27.0. The molecule has 0 atom stereocenters. The Labute approximate surface area is 341 Å². The van der Waals surface area contributed by atoms with Crippen LogP contribution in [0.1, 0.15) is 86.4 Å². The summed E-state index contributed by atoms with van der Waals surface area (Å²) in [7, 11) is 1.81. The Morgan fingerprint density at radius 1 is 0.500 bits per heavy atom. The minimum Gasteiger partial charge on any atom is -0.398 e. The molecule has 0 bridgehead atoms. The number of anilines is 5. The van der Waals surface area contributed by atoms with E-state index in [2.05, 4.69) is 5.32 Å². The fourth-order valence-corrected chi connectivity index (χ4v) is 5.18. The molecular formula is C41H40Cl2F5N5O5. The molecule has 0 aliphatic heterocycles. The molecule has 0 saturated carbocycles. The molecule has 0 saturated heterocycles. The quantitative estimate of drug-likeness (QED) is 0.0360. The highest BCUT2D eigenvalue weighted by atomic mass is 35.5. The predicted octanol–water partition coefficient (Wildman–Crippen LogP) is 9.82. The normalized spacial score (nSPS) is 9.74. The van der Waals surface area contributed by atoms with Crippen molar-refractivity contribution in [3.8, 4) is 0 Å². The number of rotatable bonds is 6. The summed E-state index contributed by atoms with van der Waals surface area (Å²) in [6.45, 7) is 6.63. The molecule has 0 spiro atoms. The monoisotopic (exact) mass is 847 g/mol. The van der Waals surface area contributed by atoms with Gasteiger partial charge in [0.25, 0.3) is 0 Å². The number of hydrogen-bond acceptors (Lipinski definition) is 10. The van der Waals surface area contributed by atoms with Crippen LogP contribution < -0.4 is 28.3 Å². The van der Waals surface area contributed by atoms with Crippen LogP contribution >= 0.6 is 23.2 Å². The van der Waals surface area contributed by atoms with Gasteiger partial charge in [0.05, 0.1) is 27.4 Å². The number of ketones is 5. The number of carbonyl (C=O) groups is 5. The molecule has 0 amide bonds. The van der Waals surface area contributed by atoms with E-state index in [1.54, 1.807) is 43.3 Å². The topological polar surface area (TPSA) is 201 Å². The van der Waals surface area contributed by atoms with Crippen molar-refractivity contribution in [1.82, 2.24) is 0 Å². The molecule has 0 unspecified atom stereocenters. The summed E-state index contributed by atoms with van der Waals surface area (Å²) in [4.78, 5) is 54.3. The van der Waals surface area contributed by atoms with E-state index in [0.29, 0.717) is 32.5 Å². The second-order valence-electron chi connectivity index (χ2n) is 11.8. The lowest BCUT2D eigenvalue weighted by Gasteiger charge is -2.06. The van der Waals surface area contributed by atoms with Gasteiger partial charge in [0.15, 0.2) is 52.2 Å². The summed E-state index contributed by atoms with van der Waals surface area (Å²) in [5.74, 6) is -9.52. The summed E-state index contributed by atoms with van der Waals surface area (Å²) in [6.07, 6.45) is 0. The van der Waals surface area contributed by atoms with Gasteiger partial charge in [-0.15, -0.1) is 0 Å². The molecule has 0 radical (unpaired) electrons. The highest BCUT2D eigenvalue weighted by Crippen LogP contribution is 2.26. The van der Waals surface area contributed by atoms with Crippen molar-refractivity contribution >= 4 is 80.6 Å². The van der Waals surface area contributed by atoms with Gasteiger partial charge in [-0.2, -0.15) is 0 Å². The van der Waals surface area contributed by atoms with Gasteiger partial charge >= 0.3 is 0 Å². The van der Waals surface area contributed by atoms with E-state index in [1.807, 2.05) is 31.3 Å². The molecule has 58 heavy (non-hydrogen) atoms. The number of hydrogen-bond donors (Lipinski definition) is 5. The molecular weight excluding hydrogens is 808 g/mol. The maximum Gasteiger partial charge on any atom is 0.199 e. The van der Waals surface area contributed by atoms with E-state index < -0.39 is 46.1 Å². The predicted molar refractivity (Wildman–Crippen MR) is 219 cm³/mol. The Morgan fingerprint density at radius 3 is 1.38 bits per heavy atom. The third-order valence-electron chi connectivity index (χ3n) is 7.42. The summed E-state index contributed by atoms with van der Waals surface area (Å²) in [5, 5.41) is 3.92. The molecule has 0 fully saturated rings. The zero-order valence-electron chi connectivity index (χ0n) is 32.0. The van der Waals surface area contributed by atoms with Gasteiger partial charge < -0.3 is 28.3 Å². The fraction of sp³-hybridized carbons (Fsp3) is 0.146. The van der Waals surface area contributed by atoms with Gasteiger partial charge in [0, 0.05) is 45.9 Å². The van der Waals surface area contributed by atoms with Gasteiger partial charge in [-0.25, -0.2) is 22.0 Å². The number of nitrogen functional groups attached to an aromatic ring is 4. The van der Waals surface area contributed by atoms with Gasteiger partial charge in [-0.3, -0.25) is 24.0 Å². The minimum atomic E-state index is -2.04. The number of Topliss-reactive ketones (excluding diaryl/α,β-unsaturated/α-hetero) is 5. The summed E-state index contributed by atoms with van der Waals surface area (Å²) >= 11 is 11.4. The lowest BCUT2D eigenvalue weighted by molar-refractivity contribution is 0.100. The van der Waals surface area contributed by atoms with Crippen LogP contribution in [0.3, 0.4) is 0 Å². The Balaban J connectivity index is 0.000000364. The van der Waals surface area contributed by atoms with Crippen LogP contribution in [0.2, 0.25) is 10.0 Å². The molecule has 9 N–H and O–H groups in total. The molecule has 0 aliphatic rings. The van der Waals surface area contributed by atoms with Crippen molar-refractivity contribution in [3.05, 3.63) is 146 Å². The maximum atomic E-state index is 12.9. The summed E-state index contributed by atoms with van der Waals surface area (Å²) in [6, 6.07) is 21.5. The molecule has 10 nitrogen and oxygen atoms in total. The van der Waals surface area contributed by atoms with Crippen molar-refractivity contribution in [3.63, 3.8) is 0 Å². The number of nitrogens with one attached hydrogen (secondary N) is 1. The lowest BCUT2D eigenvalue weighted by Crippen LogP contribution is -2.11. The first-order valence-electron chi connectivity index (χ1n) is 16.6. The largest absolute Gasteiger partial charge is 0.398 e. The second-order valence-corrected chi connectivity index (χ2v) is 12.6. The van der Waals surface area contributed by atoms with E-state index >= 15 is 0 Å². The van der Waals surface area contributed by atoms with Crippen molar-refractivity contribution < 1.29 is 45.9 Å². The van der Waals surface area contributed by atoms with Gasteiger partial charge in [0.1, 0.15) is 5.82 Å². The smallest absolute Gasteiger partial charge is 0.199 e. The maximum absolute atomic E-state index is 12.9. The fourth-order valence-electron chi connectivity index (χ4n) is 4.68. The molecule has 5 aromatic rings. The van der Waals surface area contributed by atoms with Gasteiger partial charge in [0.2, 0.25) is 0 Å². The van der Waals surface area contributed by atoms with E-state index in [1.165, 1.54) is 39.0 Å². The number of halogens is 7. The highest BCUT2D eigenvalue weighted by Gasteiger charge is 2.25. The van der Waals surface area contributed by atoms with Crippen molar-refractivity contribution in [2.45, 2.75) is 34.6 Å². The molecule has 0 aromatic heterocycles. The first-order valence-corrected chi connectivity index (χ1v) is 17.3. The summed E-state index contributed by atoms with van der Waals surface area (Å²) in [5.41, 5.74) is 22.9. The molecule has 5 rings (SSSR count). The van der Waals surface area contributed by atoms with Crippen LogP contribution in [-0.2, 0) is 0 Å². The third-order valence-corrected chi connectivity index (χ3v) is 7.97. The lowest BCUT2D eigenvalue weighted by atomic mass is 10.1. The highest BCUT2D eigenvalue weighted by molar-refractivity contribution is 6.34. The average molecular weight is 849 g/mol.